The molecule has 0 bridgehead atoms. The molecule has 0 aromatic rings. The topological polar surface area (TPSA) is 74.6 Å². The molecule has 0 rings (SSSR count). The van der Waals surface area contributed by atoms with E-state index >= 15 is 0 Å². The van der Waals surface area contributed by atoms with Gasteiger partial charge in [-0.25, -0.2) is 0 Å². The van der Waals surface area contributed by atoms with E-state index in [1.165, 1.54) is 0 Å². The maximum Gasteiger partial charge on any atom is 1.00 e. The minimum Gasteiger partial charge on any atom is -1.00 e. The third-order valence-electron chi connectivity index (χ3n) is 2.36. The van der Waals surface area contributed by atoms with Crippen LogP contribution >= 0.6 is 11.8 Å². The molecule has 7 heteroatoms. The molecule has 0 unspecified atom stereocenters. The molecule has 0 aromatic heterocycles. The average Bonchev–Trinajstić information content (AvgIpc) is 2.25. The molecule has 104 valence electrons. The number of aliphatic carboxylic acids is 2. The van der Waals surface area contributed by atoms with Crippen LogP contribution in [0.3, 0.4) is 0 Å². The van der Waals surface area contributed by atoms with Gasteiger partial charge in [-0.15, -0.1) is 0 Å². The Morgan fingerprint density at radius 1 is 0.737 bits per heavy atom. The summed E-state index contributed by atoms with van der Waals surface area (Å²) in [6.07, 6.45) is 6.22. The molecule has 2 N–H and O–H groups in total. The van der Waals surface area contributed by atoms with Gasteiger partial charge in [-0.05, 0) is 37.2 Å². The number of rotatable bonds is 12. The molecule has 0 spiro atoms. The molecule has 0 aliphatic carbocycles. The summed E-state index contributed by atoms with van der Waals surface area (Å²) in [5.41, 5.74) is 0. The first kappa shape index (κ1) is 25.3. The molecule has 0 aromatic carbocycles. The van der Waals surface area contributed by atoms with Crippen molar-refractivity contribution in [2.45, 2.75) is 51.4 Å². The zero-order valence-electron chi connectivity index (χ0n) is 14.2. The molecule has 0 heterocycles. The second kappa shape index (κ2) is 19.3. The fourth-order valence-electron chi connectivity index (χ4n) is 1.42. The van der Waals surface area contributed by atoms with Gasteiger partial charge < -0.3 is 13.1 Å². The van der Waals surface area contributed by atoms with E-state index in [0.717, 1.165) is 50.0 Å². The summed E-state index contributed by atoms with van der Waals surface area (Å²) in [7, 11) is 0. The number of unbranched alkanes of at least 4 members (excludes halogenated alkanes) is 4. The Morgan fingerprint density at radius 3 is 1.42 bits per heavy atom. The van der Waals surface area contributed by atoms with E-state index in [-0.39, 0.29) is 74.8 Å². The van der Waals surface area contributed by atoms with Crippen molar-refractivity contribution in [2.24, 2.45) is 0 Å². The van der Waals surface area contributed by atoms with Gasteiger partial charge in [0.1, 0.15) is 0 Å². The van der Waals surface area contributed by atoms with Crippen molar-refractivity contribution in [2.75, 3.05) is 11.5 Å². The number of hydrogen-bond acceptors (Lipinski definition) is 3. The second-order valence-corrected chi connectivity index (χ2v) is 5.25. The average molecular weight is 310 g/mol. The maximum atomic E-state index is 10.2. The smallest absolute Gasteiger partial charge is 1.00 e. The predicted molar refractivity (Wildman–Crippen MR) is 71.8 cm³/mol. The van der Waals surface area contributed by atoms with Crippen LogP contribution in [0.1, 0.15) is 54.2 Å². The maximum absolute atomic E-state index is 10.2. The molecule has 0 aliphatic heterocycles. The van der Waals surface area contributed by atoms with Gasteiger partial charge in [-0.2, -0.15) is 11.8 Å². The summed E-state index contributed by atoms with van der Waals surface area (Å²) < 4.78 is 0. The van der Waals surface area contributed by atoms with E-state index in [2.05, 4.69) is 0 Å². The van der Waals surface area contributed by atoms with Crippen molar-refractivity contribution in [3.05, 3.63) is 0 Å². The van der Waals surface area contributed by atoms with E-state index in [4.69, 9.17) is 10.2 Å². The zero-order valence-corrected chi connectivity index (χ0v) is 17.0. The molecule has 0 atom stereocenters. The zero-order chi connectivity index (χ0) is 12.9. The molecule has 0 saturated heterocycles. The third-order valence-corrected chi connectivity index (χ3v) is 3.51. The summed E-state index contributed by atoms with van der Waals surface area (Å²) in [6, 6.07) is 0. The number of carboxylic acid groups (broad SMARTS) is 2. The van der Waals surface area contributed by atoms with Gasteiger partial charge in [0, 0.05) is 12.8 Å². The van der Waals surface area contributed by atoms with Crippen LogP contribution in [0, 0.1) is 0 Å². The van der Waals surface area contributed by atoms with Crippen molar-refractivity contribution in [3.8, 4) is 0 Å². The van der Waals surface area contributed by atoms with Crippen molar-refractivity contribution in [3.63, 3.8) is 0 Å². The molecular weight excluding hydrogens is 286 g/mol. The molecule has 0 aliphatic rings. The van der Waals surface area contributed by atoms with Crippen molar-refractivity contribution < 1.29 is 81.8 Å². The summed E-state index contributed by atoms with van der Waals surface area (Å²) in [5, 5.41) is 16.9. The minimum absolute atomic E-state index is 0. The third kappa shape index (κ3) is 24.7. The van der Waals surface area contributed by atoms with Crippen LogP contribution < -0.4 is 59.1 Å². The quantitative estimate of drug-likeness (QED) is 0.302. The monoisotopic (exact) mass is 310 g/mol. The first-order valence-corrected chi connectivity index (χ1v) is 7.29. The van der Waals surface area contributed by atoms with Crippen LogP contribution in [0.15, 0.2) is 0 Å². The fraction of sp³-hybridized carbons (Fsp3) is 0.833. The Morgan fingerprint density at radius 2 is 1.11 bits per heavy atom. The Balaban J connectivity index is -0.000000213. The van der Waals surface area contributed by atoms with Gasteiger partial charge in [0.25, 0.3) is 0 Å². The number of carboxylic acids is 2. The molecular formula is C12H24Na2O4S. The van der Waals surface area contributed by atoms with Crippen molar-refractivity contribution in [1.82, 2.24) is 0 Å². The van der Waals surface area contributed by atoms with Gasteiger partial charge in [-0.1, -0.05) is 12.8 Å². The summed E-state index contributed by atoms with van der Waals surface area (Å²) in [4.78, 5) is 20.5. The van der Waals surface area contributed by atoms with Crippen LogP contribution in [-0.4, -0.2) is 33.7 Å². The molecule has 0 amide bonds. The summed E-state index contributed by atoms with van der Waals surface area (Å²) in [5.74, 6) is 0.740. The van der Waals surface area contributed by atoms with E-state index < -0.39 is 11.9 Å². The molecule has 0 saturated carbocycles. The summed E-state index contributed by atoms with van der Waals surface area (Å²) >= 11 is 1.88. The van der Waals surface area contributed by atoms with Gasteiger partial charge in [0.05, 0.1) is 0 Å². The van der Waals surface area contributed by atoms with Gasteiger partial charge in [0.2, 0.25) is 0 Å². The number of carbonyl (C=O) groups is 2. The first-order chi connectivity index (χ1) is 8.13. The van der Waals surface area contributed by atoms with E-state index in [1.54, 1.807) is 0 Å². The van der Waals surface area contributed by atoms with Crippen LogP contribution in [0.2, 0.25) is 0 Å². The van der Waals surface area contributed by atoms with Crippen LogP contribution in [0.4, 0.5) is 0 Å². The normalized spacial score (nSPS) is 9.26. The van der Waals surface area contributed by atoms with E-state index in [0.29, 0.717) is 0 Å². The fourth-order valence-corrected chi connectivity index (χ4v) is 2.44. The van der Waals surface area contributed by atoms with Crippen LogP contribution in [-0.2, 0) is 9.59 Å². The SMILES string of the molecule is O=C(O)CCCCCSCCCCCC(=O)O.[H-].[H-].[Na+].[Na+]. The Hall–Kier alpha value is 1.29. The molecule has 0 radical (unpaired) electrons. The van der Waals surface area contributed by atoms with Crippen LogP contribution in [0.25, 0.3) is 0 Å². The number of hydrogen-bond donors (Lipinski definition) is 2. The Labute approximate surface area is 167 Å². The molecule has 4 nitrogen and oxygen atoms in total. The van der Waals surface area contributed by atoms with E-state index in [9.17, 15) is 9.59 Å². The molecule has 19 heavy (non-hydrogen) atoms. The summed E-state index contributed by atoms with van der Waals surface area (Å²) in [6.45, 7) is 0. The second-order valence-electron chi connectivity index (χ2n) is 4.02. The Bertz CT molecular complexity index is 215. The minimum atomic E-state index is -0.712. The largest absolute Gasteiger partial charge is 1.00 e. The van der Waals surface area contributed by atoms with Gasteiger partial charge >= 0.3 is 71.1 Å². The van der Waals surface area contributed by atoms with Gasteiger partial charge in [0.15, 0.2) is 0 Å². The molecule has 0 fully saturated rings. The predicted octanol–water partition coefficient (Wildman–Crippen LogP) is -2.76. The van der Waals surface area contributed by atoms with Crippen molar-refractivity contribution in [1.29, 1.82) is 0 Å². The first-order valence-electron chi connectivity index (χ1n) is 6.14. The number of thioether (sulfide) groups is 1. The van der Waals surface area contributed by atoms with Crippen LogP contribution in [0.5, 0.6) is 0 Å². The standard InChI is InChI=1S/C12H22O4S.2Na.2H/c13-11(14)7-3-1-5-9-17-10-6-2-4-8-12(15)16;;;;/h1-10H2,(H,13,14)(H,15,16);;;;/q;2*+1;2*-1. The van der Waals surface area contributed by atoms with E-state index in [1.807, 2.05) is 11.8 Å². The Kier molecular flexibility index (Phi) is 25.6. The van der Waals surface area contributed by atoms with Crippen molar-refractivity contribution >= 4 is 23.7 Å². The van der Waals surface area contributed by atoms with Gasteiger partial charge in [-0.3, -0.25) is 9.59 Å².